The van der Waals surface area contributed by atoms with Crippen LogP contribution in [-0.4, -0.2) is 43.5 Å². The summed E-state index contributed by atoms with van der Waals surface area (Å²) < 4.78 is 5.33. The molecular weight excluding hydrogens is 328 g/mol. The zero-order chi connectivity index (χ0) is 18.8. The normalized spacial score (nSPS) is 17.0. The van der Waals surface area contributed by atoms with E-state index in [0.29, 0.717) is 13.0 Å². The van der Waals surface area contributed by atoms with Gasteiger partial charge in [0.15, 0.2) is 0 Å². The van der Waals surface area contributed by atoms with Crippen LogP contribution in [0.15, 0.2) is 24.3 Å². The molecule has 5 heteroatoms. The third-order valence-electron chi connectivity index (χ3n) is 5.01. The Morgan fingerprint density at radius 3 is 2.81 bits per heavy atom. The molecule has 2 rings (SSSR count). The summed E-state index contributed by atoms with van der Waals surface area (Å²) in [4.78, 5) is 26.9. The molecule has 1 aromatic carbocycles. The number of rotatable bonds is 9. The number of hydrogen-bond donors (Lipinski definition) is 1. The molecular formula is C21H32N2O3. The van der Waals surface area contributed by atoms with Crippen LogP contribution in [0.25, 0.3) is 0 Å². The van der Waals surface area contributed by atoms with Crippen molar-refractivity contribution >= 4 is 11.8 Å². The first-order chi connectivity index (χ1) is 12.7. The van der Waals surface area contributed by atoms with Gasteiger partial charge < -0.3 is 15.0 Å². The number of piperidine rings is 1. The summed E-state index contributed by atoms with van der Waals surface area (Å²) in [7, 11) is 1.62. The van der Waals surface area contributed by atoms with E-state index < -0.39 is 0 Å². The van der Waals surface area contributed by atoms with Crippen LogP contribution in [0.3, 0.4) is 0 Å². The highest BCUT2D eigenvalue weighted by Gasteiger charge is 2.28. The van der Waals surface area contributed by atoms with Crippen LogP contribution in [0, 0.1) is 5.92 Å². The van der Waals surface area contributed by atoms with E-state index in [9.17, 15) is 9.59 Å². The zero-order valence-electron chi connectivity index (χ0n) is 16.1. The van der Waals surface area contributed by atoms with Gasteiger partial charge in [0.2, 0.25) is 11.8 Å². The van der Waals surface area contributed by atoms with Crippen molar-refractivity contribution in [3.8, 4) is 5.75 Å². The molecule has 0 bridgehead atoms. The molecule has 5 nitrogen and oxygen atoms in total. The molecule has 1 aliphatic heterocycles. The Balaban J connectivity index is 1.83. The topological polar surface area (TPSA) is 58.6 Å². The summed E-state index contributed by atoms with van der Waals surface area (Å²) in [6, 6.07) is 7.60. The minimum Gasteiger partial charge on any atom is -0.496 e. The smallest absolute Gasteiger partial charge is 0.227 e. The molecule has 1 aliphatic rings. The van der Waals surface area contributed by atoms with E-state index in [1.54, 1.807) is 7.11 Å². The Hall–Kier alpha value is -2.04. The van der Waals surface area contributed by atoms with Crippen LogP contribution in [0.2, 0.25) is 0 Å². The lowest BCUT2D eigenvalue weighted by atomic mass is 9.96. The van der Waals surface area contributed by atoms with Crippen LogP contribution < -0.4 is 10.1 Å². The number of likely N-dealkylation sites (tertiary alicyclic amines) is 1. The van der Waals surface area contributed by atoms with Gasteiger partial charge in [-0.05, 0) is 25.3 Å². The van der Waals surface area contributed by atoms with Crippen molar-refractivity contribution in [2.75, 3.05) is 26.7 Å². The lowest BCUT2D eigenvalue weighted by Crippen LogP contribution is -2.46. The first-order valence-electron chi connectivity index (χ1n) is 9.83. The third-order valence-corrected chi connectivity index (χ3v) is 5.01. The summed E-state index contributed by atoms with van der Waals surface area (Å²) in [5, 5.41) is 3.04. The standard InChI is InChI=1S/C21H32N2O3/c1-3-4-5-8-13-22-21(25)18-11-9-14-23(16-18)20(24)15-17-10-6-7-12-19(17)26-2/h6-7,10,12,18H,3-5,8-9,11,13-16H2,1-2H3,(H,22,25). The van der Waals surface area contributed by atoms with Crippen LogP contribution in [-0.2, 0) is 16.0 Å². The minimum absolute atomic E-state index is 0.0648. The highest BCUT2D eigenvalue weighted by atomic mass is 16.5. The molecule has 1 fully saturated rings. The molecule has 1 atom stereocenters. The number of nitrogens with one attached hydrogen (secondary N) is 1. The monoisotopic (exact) mass is 360 g/mol. The van der Waals surface area contributed by atoms with Crippen molar-refractivity contribution in [1.82, 2.24) is 10.2 Å². The lowest BCUT2D eigenvalue weighted by molar-refractivity contribution is -0.135. The van der Waals surface area contributed by atoms with Gasteiger partial charge in [-0.15, -0.1) is 0 Å². The number of carbonyl (C=O) groups is 2. The fourth-order valence-corrected chi connectivity index (χ4v) is 3.45. The maximum absolute atomic E-state index is 12.7. The summed E-state index contributed by atoms with van der Waals surface area (Å²) in [5.74, 6) is 0.807. The number of methoxy groups -OCH3 is 1. The Bertz CT molecular complexity index is 588. The Morgan fingerprint density at radius 1 is 1.23 bits per heavy atom. The second kappa shape index (κ2) is 10.8. The summed E-state index contributed by atoms with van der Waals surface area (Å²) in [6.07, 6.45) is 6.65. The van der Waals surface area contributed by atoms with Crippen molar-refractivity contribution in [1.29, 1.82) is 0 Å². The molecule has 1 N–H and O–H groups in total. The molecule has 144 valence electrons. The SMILES string of the molecule is CCCCCCNC(=O)C1CCCN(C(=O)Cc2ccccc2OC)C1. The number of para-hydroxylation sites is 1. The molecule has 0 spiro atoms. The molecule has 26 heavy (non-hydrogen) atoms. The quantitative estimate of drug-likeness (QED) is 0.688. The number of ether oxygens (including phenoxy) is 1. The van der Waals surface area contributed by atoms with Crippen molar-refractivity contribution in [3.05, 3.63) is 29.8 Å². The predicted molar refractivity (Wildman–Crippen MR) is 103 cm³/mol. The van der Waals surface area contributed by atoms with Gasteiger partial charge in [-0.2, -0.15) is 0 Å². The number of nitrogens with zero attached hydrogens (tertiary/aromatic N) is 1. The lowest BCUT2D eigenvalue weighted by Gasteiger charge is -2.32. The minimum atomic E-state index is -0.0865. The molecule has 1 saturated heterocycles. The average Bonchev–Trinajstić information content (AvgIpc) is 2.68. The highest BCUT2D eigenvalue weighted by Crippen LogP contribution is 2.21. The van der Waals surface area contributed by atoms with Gasteiger partial charge in [0.05, 0.1) is 19.4 Å². The maximum atomic E-state index is 12.7. The number of benzene rings is 1. The first kappa shape index (κ1) is 20.3. The molecule has 1 unspecified atom stereocenters. The van der Waals surface area contributed by atoms with E-state index in [2.05, 4.69) is 12.2 Å². The second-order valence-electron chi connectivity index (χ2n) is 7.02. The first-order valence-corrected chi connectivity index (χ1v) is 9.83. The summed E-state index contributed by atoms with van der Waals surface area (Å²) in [5.41, 5.74) is 0.891. The zero-order valence-corrected chi connectivity index (χ0v) is 16.1. The van der Waals surface area contributed by atoms with Crippen molar-refractivity contribution in [2.24, 2.45) is 5.92 Å². The van der Waals surface area contributed by atoms with Crippen LogP contribution in [0.1, 0.15) is 51.0 Å². The van der Waals surface area contributed by atoms with Crippen LogP contribution >= 0.6 is 0 Å². The van der Waals surface area contributed by atoms with E-state index in [1.807, 2.05) is 29.2 Å². The predicted octanol–water partition coefficient (Wildman–Crippen LogP) is 3.17. The second-order valence-corrected chi connectivity index (χ2v) is 7.02. The Labute approximate surface area is 157 Å². The van der Waals surface area contributed by atoms with Gasteiger partial charge in [0.1, 0.15) is 5.75 Å². The maximum Gasteiger partial charge on any atom is 0.227 e. The molecule has 1 heterocycles. The fourth-order valence-electron chi connectivity index (χ4n) is 3.45. The van der Waals surface area contributed by atoms with E-state index in [0.717, 1.165) is 50.1 Å². The molecule has 0 aromatic heterocycles. The van der Waals surface area contributed by atoms with Gasteiger partial charge in [0, 0.05) is 25.2 Å². The highest BCUT2D eigenvalue weighted by molar-refractivity contribution is 5.82. The number of carbonyl (C=O) groups excluding carboxylic acids is 2. The van der Waals surface area contributed by atoms with Crippen molar-refractivity contribution in [3.63, 3.8) is 0 Å². The Morgan fingerprint density at radius 2 is 2.04 bits per heavy atom. The molecule has 1 aromatic rings. The van der Waals surface area contributed by atoms with Crippen LogP contribution in [0.5, 0.6) is 5.75 Å². The van der Waals surface area contributed by atoms with Crippen LogP contribution in [0.4, 0.5) is 0 Å². The number of amides is 2. The fraction of sp³-hybridized carbons (Fsp3) is 0.619. The van der Waals surface area contributed by atoms with Gasteiger partial charge in [0.25, 0.3) is 0 Å². The third kappa shape index (κ3) is 6.04. The molecule has 0 aliphatic carbocycles. The number of hydrogen-bond acceptors (Lipinski definition) is 3. The average molecular weight is 360 g/mol. The summed E-state index contributed by atoms with van der Waals surface area (Å²) >= 11 is 0. The summed E-state index contributed by atoms with van der Waals surface area (Å²) in [6.45, 7) is 4.17. The van der Waals surface area contributed by atoms with E-state index in [1.165, 1.54) is 12.8 Å². The Kier molecular flexibility index (Phi) is 8.45. The van der Waals surface area contributed by atoms with E-state index in [4.69, 9.17) is 4.74 Å². The van der Waals surface area contributed by atoms with Crippen molar-refractivity contribution < 1.29 is 14.3 Å². The van der Waals surface area contributed by atoms with Gasteiger partial charge in [-0.3, -0.25) is 9.59 Å². The van der Waals surface area contributed by atoms with Gasteiger partial charge >= 0.3 is 0 Å². The van der Waals surface area contributed by atoms with Gasteiger partial charge in [-0.1, -0.05) is 44.4 Å². The molecule has 0 saturated carbocycles. The molecule has 0 radical (unpaired) electrons. The van der Waals surface area contributed by atoms with E-state index in [-0.39, 0.29) is 17.7 Å². The van der Waals surface area contributed by atoms with E-state index >= 15 is 0 Å². The van der Waals surface area contributed by atoms with Gasteiger partial charge in [-0.25, -0.2) is 0 Å². The number of unbranched alkanes of at least 4 members (excludes halogenated alkanes) is 3. The van der Waals surface area contributed by atoms with Crippen molar-refractivity contribution in [2.45, 2.75) is 51.9 Å². The molecule has 2 amide bonds. The largest absolute Gasteiger partial charge is 0.496 e.